The maximum absolute atomic E-state index is 12.6. The Hall–Kier alpha value is -3.22. The number of nitro groups is 1. The lowest BCUT2D eigenvalue weighted by Crippen LogP contribution is -2.34. The molecule has 2 atom stereocenters. The molecule has 134 valence electrons. The normalized spacial score (nSPS) is 19.7. The van der Waals surface area contributed by atoms with Crippen LogP contribution in [-0.4, -0.2) is 23.3 Å². The molecule has 0 saturated heterocycles. The first-order valence-corrected chi connectivity index (χ1v) is 8.20. The Labute approximate surface area is 149 Å². The van der Waals surface area contributed by atoms with Crippen LogP contribution in [0, 0.1) is 16.0 Å². The Morgan fingerprint density at radius 2 is 2.04 bits per heavy atom. The smallest absolute Gasteiger partial charge is 0.317 e. The molecule has 0 bridgehead atoms. The van der Waals surface area contributed by atoms with Crippen molar-refractivity contribution in [1.29, 1.82) is 0 Å². The summed E-state index contributed by atoms with van der Waals surface area (Å²) in [6, 6.07) is 9.36. The minimum absolute atomic E-state index is 0.0506. The van der Waals surface area contributed by atoms with Gasteiger partial charge in [-0.1, -0.05) is 12.1 Å². The van der Waals surface area contributed by atoms with E-state index in [1.54, 1.807) is 31.2 Å². The molecule has 3 rings (SSSR count). The van der Waals surface area contributed by atoms with Crippen molar-refractivity contribution in [2.24, 2.45) is 5.92 Å². The fourth-order valence-corrected chi connectivity index (χ4v) is 3.17. The summed E-state index contributed by atoms with van der Waals surface area (Å²) in [7, 11) is 0. The SMILES string of the molecule is CCOC(=O)[C@@H]1C(=O)C=C(c2ccco2)C[C@@H]1c1ccc([N+](=O)[O-])cc1. The number of non-ortho nitro benzene ring substituents is 1. The number of nitrogens with zero attached hydrogens (tertiary/aromatic N) is 1. The van der Waals surface area contributed by atoms with Crippen LogP contribution in [0.25, 0.3) is 5.57 Å². The van der Waals surface area contributed by atoms with Crippen molar-refractivity contribution in [3.8, 4) is 0 Å². The van der Waals surface area contributed by atoms with Crippen LogP contribution >= 0.6 is 0 Å². The van der Waals surface area contributed by atoms with Gasteiger partial charge in [0.05, 0.1) is 17.8 Å². The summed E-state index contributed by atoms with van der Waals surface area (Å²) in [6.45, 7) is 1.85. The van der Waals surface area contributed by atoms with Gasteiger partial charge in [0, 0.05) is 18.1 Å². The molecule has 0 unspecified atom stereocenters. The zero-order valence-electron chi connectivity index (χ0n) is 14.1. The average molecular weight is 355 g/mol. The number of benzene rings is 1. The minimum atomic E-state index is -0.977. The summed E-state index contributed by atoms with van der Waals surface area (Å²) in [6.07, 6.45) is 3.32. The van der Waals surface area contributed by atoms with Gasteiger partial charge >= 0.3 is 5.97 Å². The molecule has 2 aromatic rings. The average Bonchev–Trinajstić information content (AvgIpc) is 3.16. The molecule has 7 heteroatoms. The van der Waals surface area contributed by atoms with E-state index < -0.39 is 22.7 Å². The fraction of sp³-hybridized carbons (Fsp3) is 0.263. The van der Waals surface area contributed by atoms with Crippen molar-refractivity contribution in [2.75, 3.05) is 6.61 Å². The molecule has 1 heterocycles. The van der Waals surface area contributed by atoms with Gasteiger partial charge in [0.1, 0.15) is 11.7 Å². The zero-order chi connectivity index (χ0) is 18.7. The second-order valence-electron chi connectivity index (χ2n) is 5.94. The summed E-state index contributed by atoms with van der Waals surface area (Å²) < 4.78 is 10.4. The third kappa shape index (κ3) is 3.42. The molecular formula is C19H17NO6. The molecular weight excluding hydrogens is 338 g/mol. The summed E-state index contributed by atoms with van der Waals surface area (Å²) >= 11 is 0. The number of hydrogen-bond donors (Lipinski definition) is 0. The number of esters is 1. The molecule has 0 amide bonds. The Bertz CT molecular complexity index is 851. The Morgan fingerprint density at radius 1 is 1.31 bits per heavy atom. The molecule has 0 N–H and O–H groups in total. The number of ether oxygens (including phenoxy) is 1. The van der Waals surface area contributed by atoms with Crippen LogP contribution in [0.1, 0.15) is 30.6 Å². The third-order valence-corrected chi connectivity index (χ3v) is 4.38. The highest BCUT2D eigenvalue weighted by Crippen LogP contribution is 2.40. The van der Waals surface area contributed by atoms with Crippen LogP contribution in [-0.2, 0) is 14.3 Å². The van der Waals surface area contributed by atoms with Crippen LogP contribution in [0.3, 0.4) is 0 Å². The van der Waals surface area contributed by atoms with Crippen molar-refractivity contribution in [3.05, 3.63) is 70.2 Å². The summed E-state index contributed by atoms with van der Waals surface area (Å²) in [5, 5.41) is 10.9. The van der Waals surface area contributed by atoms with E-state index in [1.165, 1.54) is 24.5 Å². The molecule has 7 nitrogen and oxygen atoms in total. The highest BCUT2D eigenvalue weighted by Gasteiger charge is 2.40. The topological polar surface area (TPSA) is 99.7 Å². The van der Waals surface area contributed by atoms with Gasteiger partial charge in [0.2, 0.25) is 0 Å². The number of carbonyl (C=O) groups is 2. The minimum Gasteiger partial charge on any atom is -0.465 e. The van der Waals surface area contributed by atoms with Gasteiger partial charge in [-0.05, 0) is 42.7 Å². The van der Waals surface area contributed by atoms with Gasteiger partial charge in [0.25, 0.3) is 5.69 Å². The standard InChI is InChI=1S/C19H17NO6/c1-2-25-19(22)18-15(12-5-7-14(8-6-12)20(23)24)10-13(11-16(18)21)17-4-3-9-26-17/h3-9,11,15,18H,2,10H2,1H3/t15-,18+/m1/s1. The molecule has 1 aliphatic rings. The van der Waals surface area contributed by atoms with E-state index >= 15 is 0 Å². The van der Waals surface area contributed by atoms with E-state index in [0.29, 0.717) is 23.3 Å². The maximum Gasteiger partial charge on any atom is 0.317 e. The molecule has 0 fully saturated rings. The molecule has 26 heavy (non-hydrogen) atoms. The predicted molar refractivity (Wildman–Crippen MR) is 92.3 cm³/mol. The van der Waals surface area contributed by atoms with E-state index in [0.717, 1.165) is 0 Å². The first-order chi connectivity index (χ1) is 12.5. The molecule has 1 aromatic carbocycles. The van der Waals surface area contributed by atoms with E-state index in [1.807, 2.05) is 0 Å². The number of ketones is 1. The van der Waals surface area contributed by atoms with Crippen LogP contribution in [0.5, 0.6) is 0 Å². The number of rotatable bonds is 5. The lowest BCUT2D eigenvalue weighted by molar-refractivity contribution is -0.384. The summed E-state index contributed by atoms with van der Waals surface area (Å²) in [4.78, 5) is 35.4. The lowest BCUT2D eigenvalue weighted by atomic mass is 9.74. The number of hydrogen-bond acceptors (Lipinski definition) is 6. The largest absolute Gasteiger partial charge is 0.465 e. The summed E-state index contributed by atoms with van der Waals surface area (Å²) in [5.41, 5.74) is 1.30. The van der Waals surface area contributed by atoms with Crippen LogP contribution in [0.2, 0.25) is 0 Å². The second-order valence-corrected chi connectivity index (χ2v) is 5.94. The quantitative estimate of drug-likeness (QED) is 0.352. The third-order valence-electron chi connectivity index (χ3n) is 4.38. The molecule has 0 spiro atoms. The first kappa shape index (κ1) is 17.6. The van der Waals surface area contributed by atoms with E-state index in [4.69, 9.17) is 9.15 Å². The lowest BCUT2D eigenvalue weighted by Gasteiger charge is -2.28. The molecule has 1 aromatic heterocycles. The van der Waals surface area contributed by atoms with Crippen molar-refractivity contribution in [3.63, 3.8) is 0 Å². The van der Waals surface area contributed by atoms with Crippen molar-refractivity contribution in [1.82, 2.24) is 0 Å². The van der Waals surface area contributed by atoms with E-state index in [2.05, 4.69) is 0 Å². The number of allylic oxidation sites excluding steroid dienone is 2. The Kier molecular flexibility index (Phi) is 4.97. The van der Waals surface area contributed by atoms with Crippen molar-refractivity contribution in [2.45, 2.75) is 19.3 Å². The predicted octanol–water partition coefficient (Wildman–Crippen LogP) is 3.51. The molecule has 0 radical (unpaired) electrons. The zero-order valence-corrected chi connectivity index (χ0v) is 14.1. The molecule has 0 aliphatic heterocycles. The summed E-state index contributed by atoms with van der Waals surface area (Å²) in [5.74, 6) is -1.84. The van der Waals surface area contributed by atoms with Gasteiger partial charge < -0.3 is 9.15 Å². The number of carbonyl (C=O) groups excluding carboxylic acids is 2. The van der Waals surface area contributed by atoms with Gasteiger partial charge in [-0.25, -0.2) is 0 Å². The van der Waals surface area contributed by atoms with Gasteiger partial charge in [-0.15, -0.1) is 0 Å². The van der Waals surface area contributed by atoms with Gasteiger partial charge in [-0.2, -0.15) is 0 Å². The second kappa shape index (κ2) is 7.35. The number of nitro benzene ring substituents is 1. The highest BCUT2D eigenvalue weighted by molar-refractivity contribution is 6.10. The van der Waals surface area contributed by atoms with Crippen molar-refractivity contribution < 1.29 is 23.7 Å². The van der Waals surface area contributed by atoms with E-state index in [-0.39, 0.29) is 18.1 Å². The highest BCUT2D eigenvalue weighted by atomic mass is 16.6. The van der Waals surface area contributed by atoms with Crippen LogP contribution in [0.15, 0.2) is 53.2 Å². The van der Waals surface area contributed by atoms with E-state index in [9.17, 15) is 19.7 Å². The monoisotopic (exact) mass is 355 g/mol. The fourth-order valence-electron chi connectivity index (χ4n) is 3.17. The first-order valence-electron chi connectivity index (χ1n) is 8.20. The number of furan rings is 1. The molecule has 1 aliphatic carbocycles. The van der Waals surface area contributed by atoms with Crippen molar-refractivity contribution >= 4 is 23.0 Å². The Morgan fingerprint density at radius 3 is 2.62 bits per heavy atom. The van der Waals surface area contributed by atoms with Crippen LogP contribution < -0.4 is 0 Å². The molecule has 0 saturated carbocycles. The van der Waals surface area contributed by atoms with Gasteiger partial charge in [-0.3, -0.25) is 19.7 Å². The Balaban J connectivity index is 1.99. The maximum atomic E-state index is 12.6. The van der Waals surface area contributed by atoms with Crippen LogP contribution in [0.4, 0.5) is 5.69 Å². The van der Waals surface area contributed by atoms with Gasteiger partial charge in [0.15, 0.2) is 5.78 Å².